The van der Waals surface area contributed by atoms with Gasteiger partial charge in [-0.2, -0.15) is 0 Å². The third-order valence-corrected chi connectivity index (χ3v) is 6.17. The molecule has 0 aromatic heterocycles. The van der Waals surface area contributed by atoms with Crippen LogP contribution in [0.4, 0.5) is 0 Å². The molecule has 0 saturated heterocycles. The Balaban J connectivity index is -0.000000539. The summed E-state index contributed by atoms with van der Waals surface area (Å²) in [5.41, 5.74) is 4.16. The van der Waals surface area contributed by atoms with E-state index in [2.05, 4.69) is 11.1 Å². The molecule has 1 amide bonds. The van der Waals surface area contributed by atoms with Crippen LogP contribution in [-0.4, -0.2) is 59.5 Å². The summed E-state index contributed by atoms with van der Waals surface area (Å²) in [5.74, 6) is -1.32. The van der Waals surface area contributed by atoms with Crippen molar-refractivity contribution in [1.82, 2.24) is 0 Å². The number of amides is 1. The van der Waals surface area contributed by atoms with E-state index in [1.807, 2.05) is 41.5 Å². The summed E-state index contributed by atoms with van der Waals surface area (Å²) in [4.78, 5) is 61.0. The number of phosphoric ester groups is 1. The van der Waals surface area contributed by atoms with E-state index in [9.17, 15) is 23.7 Å². The first-order chi connectivity index (χ1) is 17.6. The van der Waals surface area contributed by atoms with E-state index in [-0.39, 0.29) is 37.6 Å². The molecule has 0 fully saturated rings. The third kappa shape index (κ3) is 22.3. The van der Waals surface area contributed by atoms with Crippen molar-refractivity contribution in [3.63, 3.8) is 0 Å². The minimum absolute atomic E-state index is 0.0417. The normalized spacial score (nSPS) is 12.8. The maximum Gasteiger partial charge on any atom is 0.469 e. The van der Waals surface area contributed by atoms with Crippen LogP contribution < -0.4 is 5.73 Å². The summed E-state index contributed by atoms with van der Waals surface area (Å²) < 4.78 is 29.2. The zero-order chi connectivity index (χ0) is 31.6. The van der Waals surface area contributed by atoms with Gasteiger partial charge in [-0.25, -0.2) is 9.36 Å². The lowest BCUT2D eigenvalue weighted by Crippen LogP contribution is -2.30. The summed E-state index contributed by atoms with van der Waals surface area (Å²) in [6.45, 7) is 21.0. The maximum absolute atomic E-state index is 11.6. The minimum atomic E-state index is -4.46. The second kappa shape index (κ2) is 19.7. The van der Waals surface area contributed by atoms with Crippen LogP contribution in [0.25, 0.3) is 0 Å². The van der Waals surface area contributed by atoms with Gasteiger partial charge < -0.3 is 29.7 Å². The number of esters is 3. The molecule has 0 aromatic carbocycles. The van der Waals surface area contributed by atoms with Crippen molar-refractivity contribution < 1.29 is 52.3 Å². The van der Waals surface area contributed by atoms with Gasteiger partial charge in [-0.3, -0.25) is 18.9 Å². The van der Waals surface area contributed by atoms with E-state index in [0.717, 1.165) is 6.42 Å². The van der Waals surface area contributed by atoms with Gasteiger partial charge in [0.05, 0.1) is 17.4 Å². The van der Waals surface area contributed by atoms with E-state index in [0.29, 0.717) is 18.4 Å². The molecule has 13 heteroatoms. The molecule has 12 nitrogen and oxygen atoms in total. The van der Waals surface area contributed by atoms with Crippen molar-refractivity contribution in [1.29, 1.82) is 0 Å². The van der Waals surface area contributed by atoms with Gasteiger partial charge >= 0.3 is 25.7 Å². The molecule has 0 aromatic rings. The highest BCUT2D eigenvalue weighted by Crippen LogP contribution is 2.35. The SMILES string of the molecule is C=C(C)C(=O)OC(C)COC(=O)C(C)(C)CC.CCC(C)(C)C(=O)OCCOP(=O)(O)O.CCC(C)C(N)=O. The number of hydrogen-bond acceptors (Lipinski definition) is 9. The highest BCUT2D eigenvalue weighted by atomic mass is 31.2. The number of primary amides is 1. The van der Waals surface area contributed by atoms with E-state index in [1.54, 1.807) is 27.7 Å². The molecule has 2 atom stereocenters. The van der Waals surface area contributed by atoms with Crippen molar-refractivity contribution in [2.24, 2.45) is 22.5 Å². The van der Waals surface area contributed by atoms with E-state index >= 15 is 0 Å². The molecule has 0 saturated carbocycles. The summed E-state index contributed by atoms with van der Waals surface area (Å²) in [5, 5.41) is 0. The molecular formula is C26H50NO11P. The fraction of sp³-hybridized carbons (Fsp3) is 0.769. The molecule has 0 rings (SSSR count). The van der Waals surface area contributed by atoms with Crippen molar-refractivity contribution in [2.45, 2.75) is 94.6 Å². The first kappa shape index (κ1) is 41.2. The van der Waals surface area contributed by atoms with Gasteiger partial charge in [0, 0.05) is 11.5 Å². The molecule has 0 heterocycles. The van der Waals surface area contributed by atoms with Gasteiger partial charge in [0.2, 0.25) is 5.91 Å². The van der Waals surface area contributed by atoms with Gasteiger partial charge in [0.1, 0.15) is 19.3 Å². The predicted octanol–water partition coefficient (Wildman–Crippen LogP) is 4.07. The highest BCUT2D eigenvalue weighted by Gasteiger charge is 2.28. The maximum atomic E-state index is 11.6. The second-order valence-electron chi connectivity index (χ2n) is 10.2. The molecule has 2 unspecified atom stereocenters. The van der Waals surface area contributed by atoms with Gasteiger partial charge in [-0.1, -0.05) is 34.3 Å². The van der Waals surface area contributed by atoms with Gasteiger partial charge in [0.25, 0.3) is 0 Å². The molecule has 0 aliphatic rings. The number of ether oxygens (including phenoxy) is 3. The average Bonchev–Trinajstić information content (AvgIpc) is 2.84. The largest absolute Gasteiger partial charge is 0.469 e. The van der Waals surface area contributed by atoms with E-state index < -0.39 is 36.7 Å². The summed E-state index contributed by atoms with van der Waals surface area (Å²) in [6, 6.07) is 0. The van der Waals surface area contributed by atoms with Gasteiger partial charge in [0.15, 0.2) is 0 Å². The molecule has 0 aliphatic heterocycles. The molecule has 0 radical (unpaired) electrons. The first-order valence-corrected chi connectivity index (χ1v) is 14.3. The summed E-state index contributed by atoms with van der Waals surface area (Å²) >= 11 is 0. The van der Waals surface area contributed by atoms with Crippen LogP contribution in [0.15, 0.2) is 12.2 Å². The molecule has 0 bridgehead atoms. The highest BCUT2D eigenvalue weighted by molar-refractivity contribution is 7.46. The van der Waals surface area contributed by atoms with E-state index in [4.69, 9.17) is 29.7 Å². The van der Waals surface area contributed by atoms with Crippen molar-refractivity contribution in [3.05, 3.63) is 12.2 Å². The topological polar surface area (TPSA) is 189 Å². The minimum Gasteiger partial charge on any atom is -0.463 e. The predicted molar refractivity (Wildman–Crippen MR) is 147 cm³/mol. The smallest absolute Gasteiger partial charge is 0.463 e. The van der Waals surface area contributed by atoms with Crippen LogP contribution in [0.1, 0.15) is 88.5 Å². The van der Waals surface area contributed by atoms with Crippen LogP contribution in [0.2, 0.25) is 0 Å². The van der Waals surface area contributed by atoms with Crippen LogP contribution >= 0.6 is 7.82 Å². The molecule has 4 N–H and O–H groups in total. The van der Waals surface area contributed by atoms with Crippen molar-refractivity contribution in [3.8, 4) is 0 Å². The Labute approximate surface area is 233 Å². The van der Waals surface area contributed by atoms with Gasteiger partial charge in [-0.15, -0.1) is 0 Å². The lowest BCUT2D eigenvalue weighted by atomic mass is 9.91. The fourth-order valence-corrected chi connectivity index (χ4v) is 1.99. The lowest BCUT2D eigenvalue weighted by molar-refractivity contribution is -0.162. The number of phosphoric acid groups is 1. The van der Waals surface area contributed by atoms with Crippen LogP contribution in [-0.2, 0) is 42.5 Å². The van der Waals surface area contributed by atoms with Gasteiger partial charge in [-0.05, 0) is 60.8 Å². The number of carbonyl (C=O) groups excluding carboxylic acids is 4. The molecule has 0 aliphatic carbocycles. The Hall–Kier alpha value is -2.27. The molecule has 39 heavy (non-hydrogen) atoms. The number of rotatable bonds is 14. The fourth-order valence-electron chi connectivity index (χ4n) is 1.68. The second-order valence-corrected chi connectivity index (χ2v) is 11.5. The Morgan fingerprint density at radius 1 is 0.897 bits per heavy atom. The first-order valence-electron chi connectivity index (χ1n) is 12.8. The Morgan fingerprint density at radius 3 is 1.64 bits per heavy atom. The van der Waals surface area contributed by atoms with Crippen LogP contribution in [0, 0.1) is 16.7 Å². The zero-order valence-electron chi connectivity index (χ0n) is 25.2. The summed E-state index contributed by atoms with van der Waals surface area (Å²) in [6.07, 6.45) is 1.71. The summed E-state index contributed by atoms with van der Waals surface area (Å²) in [7, 11) is -4.46. The monoisotopic (exact) mass is 583 g/mol. The van der Waals surface area contributed by atoms with Crippen molar-refractivity contribution in [2.75, 3.05) is 19.8 Å². The molecule has 230 valence electrons. The quantitative estimate of drug-likeness (QED) is 0.0879. The standard InChI is InChI=1S/C13H22O4.C8H17O6P.C5H11NO/c1-7-13(5,6)12(15)16-8-10(4)17-11(14)9(2)3;1-4-8(2,3)7(9)13-5-6-14-15(10,11)12;1-3-4(2)5(6)7/h10H,2,7-8H2,1,3-6H3;4-6H2,1-3H3,(H2,10,11,12);4H,3H2,1-2H3,(H2,6,7). The van der Waals surface area contributed by atoms with Crippen LogP contribution in [0.3, 0.4) is 0 Å². The third-order valence-electron chi connectivity index (χ3n) is 5.65. The molecule has 0 spiro atoms. The average molecular weight is 584 g/mol. The molecular weight excluding hydrogens is 533 g/mol. The van der Waals surface area contributed by atoms with Crippen LogP contribution in [0.5, 0.6) is 0 Å². The van der Waals surface area contributed by atoms with Crippen molar-refractivity contribution >= 4 is 31.6 Å². The lowest BCUT2D eigenvalue weighted by Gasteiger charge is -2.21. The number of nitrogens with two attached hydrogens (primary N) is 1. The number of hydrogen-bond donors (Lipinski definition) is 3. The van der Waals surface area contributed by atoms with E-state index in [1.165, 1.54) is 0 Å². The Bertz CT molecular complexity index is 834. The number of carbonyl (C=O) groups is 4. The zero-order valence-corrected chi connectivity index (χ0v) is 26.1. The Kier molecular flexibility index (Phi) is 20.9. The Morgan fingerprint density at radius 2 is 1.33 bits per heavy atom.